The fraction of sp³-hybridized carbons (Fsp3) is 0.308. The van der Waals surface area contributed by atoms with Crippen molar-refractivity contribution in [2.75, 3.05) is 6.54 Å². The summed E-state index contributed by atoms with van der Waals surface area (Å²) >= 11 is 0. The van der Waals surface area contributed by atoms with Crippen LogP contribution in [0.4, 0.5) is 0 Å². The Hall–Kier alpha value is -2.21. The highest BCUT2D eigenvalue weighted by molar-refractivity contribution is 6.01. The van der Waals surface area contributed by atoms with Gasteiger partial charge in [0.05, 0.1) is 12.1 Å². The van der Waals surface area contributed by atoms with E-state index in [-0.39, 0.29) is 29.4 Å². The SMILES string of the molecule is CC(=O)Oc1ccc(C(=O)CN)c(OC(C)=O)c1C. The molecule has 0 atom stereocenters. The molecule has 0 aliphatic rings. The predicted octanol–water partition coefficient (Wildman–Crippen LogP) is 0.987. The van der Waals surface area contributed by atoms with Gasteiger partial charge in [-0.25, -0.2) is 0 Å². The Morgan fingerprint density at radius 2 is 1.68 bits per heavy atom. The Morgan fingerprint density at radius 1 is 1.11 bits per heavy atom. The van der Waals surface area contributed by atoms with E-state index in [2.05, 4.69) is 0 Å². The molecule has 2 N–H and O–H groups in total. The van der Waals surface area contributed by atoms with Crippen LogP contribution in [0, 0.1) is 6.92 Å². The molecule has 0 fully saturated rings. The number of hydrogen-bond acceptors (Lipinski definition) is 6. The van der Waals surface area contributed by atoms with Gasteiger partial charge in [-0.3, -0.25) is 14.4 Å². The molecule has 0 bridgehead atoms. The van der Waals surface area contributed by atoms with E-state index in [1.807, 2.05) is 0 Å². The van der Waals surface area contributed by atoms with Gasteiger partial charge in [-0.05, 0) is 19.1 Å². The highest BCUT2D eigenvalue weighted by Crippen LogP contribution is 2.32. The minimum atomic E-state index is -0.575. The lowest BCUT2D eigenvalue weighted by molar-refractivity contribution is -0.132. The zero-order valence-corrected chi connectivity index (χ0v) is 11.0. The van der Waals surface area contributed by atoms with Gasteiger partial charge in [-0.15, -0.1) is 0 Å². The van der Waals surface area contributed by atoms with Crippen molar-refractivity contribution in [1.29, 1.82) is 0 Å². The van der Waals surface area contributed by atoms with Crippen LogP contribution in [0.15, 0.2) is 12.1 Å². The molecule has 0 aliphatic heterocycles. The number of rotatable bonds is 4. The van der Waals surface area contributed by atoms with Gasteiger partial charge in [0, 0.05) is 19.4 Å². The molecule has 1 aromatic carbocycles. The molecule has 0 saturated heterocycles. The van der Waals surface area contributed by atoms with Gasteiger partial charge in [0.25, 0.3) is 0 Å². The zero-order valence-electron chi connectivity index (χ0n) is 11.0. The summed E-state index contributed by atoms with van der Waals surface area (Å²) in [5.41, 5.74) is 5.88. The highest BCUT2D eigenvalue weighted by Gasteiger charge is 2.19. The van der Waals surface area contributed by atoms with Crippen LogP contribution in [0.2, 0.25) is 0 Å². The van der Waals surface area contributed by atoms with E-state index < -0.39 is 11.9 Å². The number of hydrogen-bond donors (Lipinski definition) is 1. The summed E-state index contributed by atoms with van der Waals surface area (Å²) in [5, 5.41) is 0. The molecule has 19 heavy (non-hydrogen) atoms. The molecule has 0 unspecified atom stereocenters. The summed E-state index contributed by atoms with van der Waals surface area (Å²) in [4.78, 5) is 33.7. The molecule has 102 valence electrons. The number of ether oxygens (including phenoxy) is 2. The number of esters is 2. The molecular weight excluding hydrogens is 250 g/mol. The van der Waals surface area contributed by atoms with Crippen LogP contribution in [-0.4, -0.2) is 24.3 Å². The Morgan fingerprint density at radius 3 is 2.16 bits per heavy atom. The molecule has 0 aliphatic carbocycles. The molecule has 0 aromatic heterocycles. The van der Waals surface area contributed by atoms with Gasteiger partial charge in [-0.2, -0.15) is 0 Å². The minimum Gasteiger partial charge on any atom is -0.426 e. The highest BCUT2D eigenvalue weighted by atomic mass is 16.5. The maximum Gasteiger partial charge on any atom is 0.308 e. The number of benzene rings is 1. The van der Waals surface area contributed by atoms with Crippen LogP contribution in [0.5, 0.6) is 11.5 Å². The average molecular weight is 265 g/mol. The van der Waals surface area contributed by atoms with Crippen LogP contribution in [-0.2, 0) is 9.59 Å². The summed E-state index contributed by atoms with van der Waals surface area (Å²) in [6, 6.07) is 2.88. The topological polar surface area (TPSA) is 95.7 Å². The fourth-order valence-electron chi connectivity index (χ4n) is 1.54. The standard InChI is InChI=1S/C13H15NO5/c1-7-12(18-8(2)15)5-4-10(11(17)6-14)13(7)19-9(3)16/h4-5H,6,14H2,1-3H3. The summed E-state index contributed by atoms with van der Waals surface area (Å²) in [6.45, 7) is 3.85. The molecular formula is C13H15NO5. The van der Waals surface area contributed by atoms with Crippen molar-refractivity contribution >= 4 is 17.7 Å². The lowest BCUT2D eigenvalue weighted by atomic mass is 10.0. The van der Waals surface area contributed by atoms with Crippen molar-refractivity contribution < 1.29 is 23.9 Å². The Balaban J connectivity index is 3.35. The Kier molecular flexibility index (Phi) is 4.77. The summed E-state index contributed by atoms with van der Waals surface area (Å²) in [6.07, 6.45) is 0. The molecule has 6 heteroatoms. The van der Waals surface area contributed by atoms with Crippen molar-refractivity contribution in [2.45, 2.75) is 20.8 Å². The van der Waals surface area contributed by atoms with Gasteiger partial charge in [0.2, 0.25) is 0 Å². The third-order valence-corrected chi connectivity index (χ3v) is 2.34. The fourth-order valence-corrected chi connectivity index (χ4v) is 1.54. The number of carbonyl (C=O) groups is 3. The Bertz CT molecular complexity index is 536. The third-order valence-electron chi connectivity index (χ3n) is 2.34. The van der Waals surface area contributed by atoms with E-state index in [4.69, 9.17) is 15.2 Å². The lowest BCUT2D eigenvalue weighted by Crippen LogP contribution is -2.17. The number of carbonyl (C=O) groups excluding carboxylic acids is 3. The van der Waals surface area contributed by atoms with Crippen molar-refractivity contribution in [1.82, 2.24) is 0 Å². The second-order valence-corrected chi connectivity index (χ2v) is 3.88. The second kappa shape index (κ2) is 6.10. The molecule has 0 radical (unpaired) electrons. The van der Waals surface area contributed by atoms with E-state index in [9.17, 15) is 14.4 Å². The monoisotopic (exact) mass is 265 g/mol. The Labute approximate surface area is 110 Å². The summed E-state index contributed by atoms with van der Waals surface area (Å²) in [5.74, 6) is -1.14. The van der Waals surface area contributed by atoms with Crippen molar-refractivity contribution in [3.05, 3.63) is 23.3 Å². The van der Waals surface area contributed by atoms with Gasteiger partial charge in [0.15, 0.2) is 5.78 Å². The zero-order chi connectivity index (χ0) is 14.6. The van der Waals surface area contributed by atoms with Crippen LogP contribution >= 0.6 is 0 Å². The second-order valence-electron chi connectivity index (χ2n) is 3.88. The lowest BCUT2D eigenvalue weighted by Gasteiger charge is -2.13. The maximum absolute atomic E-state index is 11.7. The first-order valence-corrected chi connectivity index (χ1v) is 5.60. The summed E-state index contributed by atoms with van der Waals surface area (Å²) in [7, 11) is 0. The van der Waals surface area contributed by atoms with Gasteiger partial charge in [0.1, 0.15) is 11.5 Å². The van der Waals surface area contributed by atoms with Gasteiger partial charge < -0.3 is 15.2 Å². The van der Waals surface area contributed by atoms with Crippen LogP contribution in [0.1, 0.15) is 29.8 Å². The minimum absolute atomic E-state index is 0.0710. The molecule has 6 nitrogen and oxygen atoms in total. The van der Waals surface area contributed by atoms with Crippen LogP contribution in [0.3, 0.4) is 0 Å². The quantitative estimate of drug-likeness (QED) is 0.495. The molecule has 1 rings (SSSR count). The predicted molar refractivity (Wildman–Crippen MR) is 67.2 cm³/mol. The van der Waals surface area contributed by atoms with E-state index in [1.54, 1.807) is 6.92 Å². The normalized spacial score (nSPS) is 9.89. The van der Waals surface area contributed by atoms with Gasteiger partial charge >= 0.3 is 11.9 Å². The largest absolute Gasteiger partial charge is 0.426 e. The van der Waals surface area contributed by atoms with Crippen LogP contribution < -0.4 is 15.2 Å². The van der Waals surface area contributed by atoms with Crippen molar-refractivity contribution in [3.8, 4) is 11.5 Å². The smallest absolute Gasteiger partial charge is 0.308 e. The maximum atomic E-state index is 11.7. The average Bonchev–Trinajstić information content (AvgIpc) is 2.32. The molecule has 0 heterocycles. The number of ketones is 1. The first kappa shape index (κ1) is 14.8. The molecule has 1 aromatic rings. The van der Waals surface area contributed by atoms with E-state index in [0.29, 0.717) is 5.56 Å². The van der Waals surface area contributed by atoms with Crippen molar-refractivity contribution in [3.63, 3.8) is 0 Å². The van der Waals surface area contributed by atoms with Gasteiger partial charge in [-0.1, -0.05) is 0 Å². The third kappa shape index (κ3) is 3.62. The first-order chi connectivity index (χ1) is 8.86. The van der Waals surface area contributed by atoms with E-state index in [0.717, 1.165) is 0 Å². The van der Waals surface area contributed by atoms with E-state index >= 15 is 0 Å². The molecule has 0 spiro atoms. The number of Topliss-reactive ketones (excluding diaryl/α,β-unsaturated/α-hetero) is 1. The van der Waals surface area contributed by atoms with Crippen LogP contribution in [0.25, 0.3) is 0 Å². The first-order valence-electron chi connectivity index (χ1n) is 5.60. The molecule has 0 amide bonds. The summed E-state index contributed by atoms with van der Waals surface area (Å²) < 4.78 is 9.98. The number of nitrogens with two attached hydrogens (primary N) is 1. The van der Waals surface area contributed by atoms with Crippen molar-refractivity contribution in [2.24, 2.45) is 5.73 Å². The molecule has 0 saturated carbocycles. The van der Waals surface area contributed by atoms with E-state index in [1.165, 1.54) is 26.0 Å².